The van der Waals surface area contributed by atoms with Crippen molar-refractivity contribution in [3.8, 4) is 11.5 Å². The molecule has 0 fully saturated rings. The van der Waals surface area contributed by atoms with Crippen LogP contribution in [0.4, 0.5) is 5.69 Å². The first-order valence-corrected chi connectivity index (χ1v) is 11.6. The number of aromatic carboxylic acids is 1. The first-order chi connectivity index (χ1) is 16.2. The molecule has 0 aliphatic heterocycles. The van der Waals surface area contributed by atoms with Crippen molar-refractivity contribution >= 4 is 21.7 Å². The molecule has 0 saturated carbocycles. The van der Waals surface area contributed by atoms with Crippen LogP contribution in [0.15, 0.2) is 70.1 Å². The van der Waals surface area contributed by atoms with Gasteiger partial charge < -0.3 is 14.2 Å². The summed E-state index contributed by atoms with van der Waals surface area (Å²) in [6, 6.07) is 14.4. The zero-order valence-electron chi connectivity index (χ0n) is 17.9. The molecule has 0 amide bonds. The minimum atomic E-state index is -3.82. The number of benzene rings is 1. The van der Waals surface area contributed by atoms with Crippen molar-refractivity contribution in [1.82, 2.24) is 19.7 Å². The third kappa shape index (κ3) is 5.18. The quantitative estimate of drug-likeness (QED) is 0.385. The number of carboxylic acids is 1. The van der Waals surface area contributed by atoms with Crippen molar-refractivity contribution in [3.05, 3.63) is 93.9 Å². The third-order valence-electron chi connectivity index (χ3n) is 4.86. The predicted octanol–water partition coefficient (Wildman–Crippen LogP) is 2.29. The van der Waals surface area contributed by atoms with Gasteiger partial charge in [-0.1, -0.05) is 35.5 Å². The molecule has 0 bridgehead atoms. The lowest BCUT2D eigenvalue weighted by Gasteiger charge is -2.12. The smallest absolute Gasteiger partial charge is 0.337 e. The van der Waals surface area contributed by atoms with E-state index in [1.807, 2.05) is 0 Å². The zero-order chi connectivity index (χ0) is 24.3. The Morgan fingerprint density at radius 1 is 1.12 bits per heavy atom. The van der Waals surface area contributed by atoms with Crippen LogP contribution in [0, 0.1) is 6.92 Å². The average molecular weight is 481 g/mol. The van der Waals surface area contributed by atoms with Gasteiger partial charge in [0.1, 0.15) is 17.9 Å². The minimum Gasteiger partial charge on any atom is -0.478 e. The molecule has 0 spiro atoms. The number of hydrogen-bond donors (Lipinski definition) is 2. The Morgan fingerprint density at radius 2 is 1.88 bits per heavy atom. The number of nitrogens with one attached hydrogen (secondary N) is 1. The number of aromatic nitrogens is 4. The summed E-state index contributed by atoms with van der Waals surface area (Å²) in [5.74, 6) is -1.17. The van der Waals surface area contributed by atoms with E-state index in [1.54, 1.807) is 43.3 Å². The van der Waals surface area contributed by atoms with E-state index in [4.69, 9.17) is 9.63 Å². The molecular formula is C22H19N5O6S. The van der Waals surface area contributed by atoms with Crippen molar-refractivity contribution in [2.24, 2.45) is 0 Å². The van der Waals surface area contributed by atoms with E-state index in [0.717, 1.165) is 0 Å². The van der Waals surface area contributed by atoms with Gasteiger partial charge >= 0.3 is 5.97 Å². The van der Waals surface area contributed by atoms with Gasteiger partial charge in [0, 0.05) is 11.9 Å². The van der Waals surface area contributed by atoms with Crippen LogP contribution in [0.3, 0.4) is 0 Å². The highest BCUT2D eigenvalue weighted by atomic mass is 32.2. The van der Waals surface area contributed by atoms with Crippen LogP contribution in [0.25, 0.3) is 11.5 Å². The Morgan fingerprint density at radius 3 is 2.56 bits per heavy atom. The van der Waals surface area contributed by atoms with E-state index in [2.05, 4.69) is 19.8 Å². The Hall–Kier alpha value is -4.32. The van der Waals surface area contributed by atoms with E-state index in [1.165, 1.54) is 29.0 Å². The Kier molecular flexibility index (Phi) is 6.23. The first kappa shape index (κ1) is 22.9. The Balaban J connectivity index is 1.55. The normalized spacial score (nSPS) is 11.3. The molecule has 4 rings (SSSR count). The molecule has 3 heterocycles. The van der Waals surface area contributed by atoms with E-state index in [0.29, 0.717) is 17.0 Å². The monoisotopic (exact) mass is 481 g/mol. The van der Waals surface area contributed by atoms with Crippen molar-refractivity contribution in [2.45, 2.75) is 19.2 Å². The van der Waals surface area contributed by atoms with Crippen molar-refractivity contribution in [3.63, 3.8) is 0 Å². The third-order valence-corrected chi connectivity index (χ3v) is 6.10. The molecule has 0 atom stereocenters. The summed E-state index contributed by atoms with van der Waals surface area (Å²) in [4.78, 5) is 32.2. The second kappa shape index (κ2) is 9.27. The molecular weight excluding hydrogens is 462 g/mol. The second-order valence-corrected chi connectivity index (χ2v) is 9.10. The number of rotatable bonds is 8. The van der Waals surface area contributed by atoms with Crippen LogP contribution in [0.1, 0.15) is 27.5 Å². The molecule has 12 heteroatoms. The number of carboxylic acid groups (broad SMARTS) is 1. The zero-order valence-corrected chi connectivity index (χ0v) is 18.7. The van der Waals surface area contributed by atoms with Gasteiger partial charge in [0.2, 0.25) is 21.7 Å². The van der Waals surface area contributed by atoms with Crippen LogP contribution in [0.2, 0.25) is 0 Å². The van der Waals surface area contributed by atoms with E-state index >= 15 is 0 Å². The number of aryl methyl sites for hydroxylation is 1. The van der Waals surface area contributed by atoms with Crippen LogP contribution < -0.4 is 10.3 Å². The van der Waals surface area contributed by atoms with Crippen molar-refractivity contribution in [2.75, 3.05) is 4.72 Å². The fraction of sp³-hybridized carbons (Fsp3) is 0.136. The first-order valence-electron chi connectivity index (χ1n) is 9.99. The fourth-order valence-electron chi connectivity index (χ4n) is 3.15. The highest BCUT2D eigenvalue weighted by Crippen LogP contribution is 2.15. The lowest BCUT2D eigenvalue weighted by molar-refractivity contribution is 0.0696. The second-order valence-electron chi connectivity index (χ2n) is 7.38. The maximum atomic E-state index is 13.0. The van der Waals surface area contributed by atoms with Gasteiger partial charge in [-0.05, 0) is 36.8 Å². The molecule has 2 N–H and O–H groups in total. The van der Waals surface area contributed by atoms with Gasteiger partial charge in [0.05, 0.1) is 11.3 Å². The van der Waals surface area contributed by atoms with Gasteiger partial charge in [-0.15, -0.1) is 0 Å². The number of carbonyl (C=O) groups is 1. The maximum absolute atomic E-state index is 13.0. The lowest BCUT2D eigenvalue weighted by Crippen LogP contribution is -2.28. The highest BCUT2D eigenvalue weighted by Gasteiger charge is 2.17. The van der Waals surface area contributed by atoms with E-state index < -0.39 is 21.6 Å². The summed E-state index contributed by atoms with van der Waals surface area (Å²) in [5, 5.41) is 12.8. The number of nitrogens with zero attached hydrogens (tertiary/aromatic N) is 4. The number of pyridine rings is 2. The summed E-state index contributed by atoms with van der Waals surface area (Å²) in [7, 11) is -3.82. The standard InChI is InChI=1S/C22H19N5O6S/c1-14-7-9-18(26-34(31,32)13-15-5-3-2-4-6-15)21(28)27(14)12-19-24-20(25-33-19)17-10-8-16(11-23-17)22(29)30/h2-11,26H,12-13H2,1H3,(H,29,30). The van der Waals surface area contributed by atoms with Gasteiger partial charge in [-0.3, -0.25) is 14.5 Å². The maximum Gasteiger partial charge on any atom is 0.337 e. The van der Waals surface area contributed by atoms with Crippen LogP contribution in [-0.2, 0) is 22.3 Å². The van der Waals surface area contributed by atoms with Crippen LogP contribution in [-0.4, -0.2) is 39.2 Å². The summed E-state index contributed by atoms with van der Waals surface area (Å²) >= 11 is 0. The Bertz CT molecular complexity index is 1500. The van der Waals surface area contributed by atoms with E-state index in [9.17, 15) is 18.0 Å². The Labute approximate surface area is 193 Å². The fourth-order valence-corrected chi connectivity index (χ4v) is 4.35. The molecule has 0 unspecified atom stereocenters. The molecule has 11 nitrogen and oxygen atoms in total. The molecule has 174 valence electrons. The molecule has 3 aromatic heterocycles. The SMILES string of the molecule is Cc1ccc(NS(=O)(=O)Cc2ccccc2)c(=O)n1Cc1nc(-c2ccc(C(=O)O)cn2)no1. The van der Waals surface area contributed by atoms with Crippen LogP contribution in [0.5, 0.6) is 0 Å². The molecule has 0 saturated heterocycles. The van der Waals surface area contributed by atoms with Gasteiger partial charge in [-0.25, -0.2) is 13.2 Å². The largest absolute Gasteiger partial charge is 0.478 e. The topological polar surface area (TPSA) is 157 Å². The highest BCUT2D eigenvalue weighted by molar-refractivity contribution is 7.91. The minimum absolute atomic E-state index is 0.0150. The summed E-state index contributed by atoms with van der Waals surface area (Å²) in [6.07, 6.45) is 1.17. The average Bonchev–Trinajstić information content (AvgIpc) is 3.28. The van der Waals surface area contributed by atoms with Crippen molar-refractivity contribution < 1.29 is 22.8 Å². The summed E-state index contributed by atoms with van der Waals surface area (Å²) in [6.45, 7) is 1.59. The predicted molar refractivity (Wildman–Crippen MR) is 122 cm³/mol. The molecule has 0 radical (unpaired) electrons. The molecule has 1 aromatic carbocycles. The summed E-state index contributed by atoms with van der Waals surface area (Å²) < 4.78 is 34.0. The van der Waals surface area contributed by atoms with E-state index in [-0.39, 0.29) is 35.3 Å². The van der Waals surface area contributed by atoms with Gasteiger partial charge in [-0.2, -0.15) is 4.98 Å². The number of hydrogen-bond acceptors (Lipinski definition) is 8. The van der Waals surface area contributed by atoms with Crippen LogP contribution >= 0.6 is 0 Å². The molecule has 0 aliphatic rings. The number of anilines is 1. The van der Waals surface area contributed by atoms with Gasteiger partial charge in [0.25, 0.3) is 5.56 Å². The number of sulfonamides is 1. The summed E-state index contributed by atoms with van der Waals surface area (Å²) in [5.41, 5.74) is 0.783. The van der Waals surface area contributed by atoms with Gasteiger partial charge in [0.15, 0.2) is 0 Å². The molecule has 4 aromatic rings. The molecule has 34 heavy (non-hydrogen) atoms. The lowest BCUT2D eigenvalue weighted by atomic mass is 10.2. The molecule has 0 aliphatic carbocycles. The van der Waals surface area contributed by atoms with Crippen molar-refractivity contribution in [1.29, 1.82) is 0 Å².